The molecule has 0 aromatic carbocycles. The van der Waals surface area contributed by atoms with Crippen molar-refractivity contribution in [2.45, 2.75) is 58.4 Å². The van der Waals surface area contributed by atoms with E-state index in [1.54, 1.807) is 0 Å². The van der Waals surface area contributed by atoms with Gasteiger partial charge in [0.15, 0.2) is 0 Å². The summed E-state index contributed by atoms with van der Waals surface area (Å²) in [6.45, 7) is 10.2. The molecular formula is C17H30N4O. The topological polar surface area (TPSA) is 45.4 Å². The van der Waals surface area contributed by atoms with Gasteiger partial charge in [-0.1, -0.05) is 12.8 Å². The van der Waals surface area contributed by atoms with Crippen LogP contribution in [0, 0.1) is 12.8 Å². The van der Waals surface area contributed by atoms with E-state index >= 15 is 0 Å². The summed E-state index contributed by atoms with van der Waals surface area (Å²) in [4.78, 5) is 5.22. The standard InChI is InChI=1S/C17H30N4O/c1-14(17-19-18-15(2)22-17)21-11-7-8-16(13-21)12-20-9-5-3-4-6-10-20/h14,16H,3-13H2,1-2H3/t14-,16+/m0/s1. The van der Waals surface area contributed by atoms with Crippen molar-refractivity contribution < 1.29 is 4.42 Å². The number of hydrogen-bond acceptors (Lipinski definition) is 5. The molecule has 0 amide bonds. The highest BCUT2D eigenvalue weighted by Crippen LogP contribution is 2.27. The largest absolute Gasteiger partial charge is 0.424 e. The van der Waals surface area contributed by atoms with E-state index in [9.17, 15) is 0 Å². The molecule has 1 aromatic heterocycles. The number of rotatable bonds is 4. The normalized spacial score (nSPS) is 26.7. The molecule has 0 unspecified atom stereocenters. The lowest BCUT2D eigenvalue weighted by Gasteiger charge is -2.37. The smallest absolute Gasteiger partial charge is 0.233 e. The van der Waals surface area contributed by atoms with E-state index in [0.29, 0.717) is 5.89 Å². The number of aryl methyl sites for hydroxylation is 1. The van der Waals surface area contributed by atoms with Crippen molar-refractivity contribution in [3.63, 3.8) is 0 Å². The Morgan fingerprint density at radius 1 is 1.09 bits per heavy atom. The van der Waals surface area contributed by atoms with E-state index < -0.39 is 0 Å². The van der Waals surface area contributed by atoms with E-state index in [-0.39, 0.29) is 6.04 Å². The molecule has 2 saturated heterocycles. The Morgan fingerprint density at radius 3 is 2.55 bits per heavy atom. The van der Waals surface area contributed by atoms with Crippen molar-refractivity contribution in [3.05, 3.63) is 11.8 Å². The maximum Gasteiger partial charge on any atom is 0.233 e. The summed E-state index contributed by atoms with van der Waals surface area (Å²) in [7, 11) is 0. The minimum Gasteiger partial charge on any atom is -0.424 e. The summed E-state index contributed by atoms with van der Waals surface area (Å²) >= 11 is 0. The van der Waals surface area contributed by atoms with Crippen LogP contribution in [-0.2, 0) is 0 Å². The third-order valence-electron chi connectivity index (χ3n) is 5.21. The molecule has 0 spiro atoms. The lowest BCUT2D eigenvalue weighted by atomic mass is 9.96. The van der Waals surface area contributed by atoms with E-state index in [2.05, 4.69) is 26.9 Å². The summed E-state index contributed by atoms with van der Waals surface area (Å²) < 4.78 is 5.63. The molecule has 5 nitrogen and oxygen atoms in total. The van der Waals surface area contributed by atoms with Crippen LogP contribution in [-0.4, -0.2) is 52.7 Å². The molecule has 0 radical (unpaired) electrons. The molecule has 3 rings (SSSR count). The van der Waals surface area contributed by atoms with Gasteiger partial charge in [0, 0.05) is 20.0 Å². The Bertz CT molecular complexity index is 453. The Morgan fingerprint density at radius 2 is 1.86 bits per heavy atom. The molecule has 22 heavy (non-hydrogen) atoms. The molecule has 2 aliphatic rings. The molecule has 5 heteroatoms. The molecule has 0 bridgehead atoms. The number of likely N-dealkylation sites (tertiary alicyclic amines) is 2. The number of hydrogen-bond donors (Lipinski definition) is 0. The van der Waals surface area contributed by atoms with Gasteiger partial charge >= 0.3 is 0 Å². The SMILES string of the molecule is Cc1nnc([C@H](C)N2CCC[C@H](CN3CCCCCC3)C2)o1. The average molecular weight is 306 g/mol. The molecule has 2 fully saturated rings. The Hall–Kier alpha value is -0.940. The van der Waals surface area contributed by atoms with Gasteiger partial charge in [0.2, 0.25) is 11.8 Å². The minimum atomic E-state index is 0.244. The Balaban J connectivity index is 1.54. The van der Waals surface area contributed by atoms with Gasteiger partial charge in [-0.25, -0.2) is 0 Å². The molecule has 0 aliphatic carbocycles. The van der Waals surface area contributed by atoms with Crippen molar-refractivity contribution >= 4 is 0 Å². The third kappa shape index (κ3) is 4.07. The fourth-order valence-corrected chi connectivity index (χ4v) is 3.92. The zero-order valence-corrected chi connectivity index (χ0v) is 14.1. The van der Waals surface area contributed by atoms with Crippen molar-refractivity contribution in [2.75, 3.05) is 32.7 Å². The summed E-state index contributed by atoms with van der Waals surface area (Å²) in [5.74, 6) is 2.23. The number of piperidine rings is 1. The quantitative estimate of drug-likeness (QED) is 0.855. The first kappa shape index (κ1) is 15.9. The zero-order valence-electron chi connectivity index (χ0n) is 14.1. The number of aromatic nitrogens is 2. The van der Waals surface area contributed by atoms with Gasteiger partial charge in [0.05, 0.1) is 6.04 Å². The highest BCUT2D eigenvalue weighted by Gasteiger charge is 2.28. The van der Waals surface area contributed by atoms with Crippen LogP contribution in [0.2, 0.25) is 0 Å². The van der Waals surface area contributed by atoms with Crippen LogP contribution in [0.1, 0.15) is 63.3 Å². The zero-order chi connectivity index (χ0) is 15.4. The highest BCUT2D eigenvalue weighted by atomic mass is 16.4. The van der Waals surface area contributed by atoms with E-state index in [4.69, 9.17) is 4.42 Å². The first-order chi connectivity index (χ1) is 10.7. The fourth-order valence-electron chi connectivity index (χ4n) is 3.92. The van der Waals surface area contributed by atoms with Crippen LogP contribution >= 0.6 is 0 Å². The van der Waals surface area contributed by atoms with E-state index in [0.717, 1.165) is 18.4 Å². The second-order valence-corrected chi connectivity index (χ2v) is 7.05. The maximum absolute atomic E-state index is 5.63. The molecule has 0 saturated carbocycles. The summed E-state index contributed by atoms with van der Waals surface area (Å²) in [5.41, 5.74) is 0. The summed E-state index contributed by atoms with van der Waals surface area (Å²) in [6, 6.07) is 0.244. The fraction of sp³-hybridized carbons (Fsp3) is 0.882. The Labute approximate surface area is 134 Å². The summed E-state index contributed by atoms with van der Waals surface area (Å²) in [5, 5.41) is 8.18. The lowest BCUT2D eigenvalue weighted by Crippen LogP contribution is -2.42. The molecule has 2 atom stereocenters. The highest BCUT2D eigenvalue weighted by molar-refractivity contribution is 4.90. The van der Waals surface area contributed by atoms with Crippen molar-refractivity contribution in [3.8, 4) is 0 Å². The predicted molar refractivity (Wildman–Crippen MR) is 86.7 cm³/mol. The van der Waals surface area contributed by atoms with E-state index in [1.807, 2.05) is 6.92 Å². The van der Waals surface area contributed by atoms with Gasteiger partial charge in [-0.05, 0) is 58.2 Å². The van der Waals surface area contributed by atoms with Crippen LogP contribution in [0.3, 0.4) is 0 Å². The van der Waals surface area contributed by atoms with Gasteiger partial charge < -0.3 is 9.32 Å². The van der Waals surface area contributed by atoms with Gasteiger partial charge in [0.1, 0.15) is 0 Å². The van der Waals surface area contributed by atoms with Crippen molar-refractivity contribution in [2.24, 2.45) is 5.92 Å². The first-order valence-electron chi connectivity index (χ1n) is 8.99. The maximum atomic E-state index is 5.63. The van der Waals surface area contributed by atoms with Crippen LogP contribution < -0.4 is 0 Å². The van der Waals surface area contributed by atoms with Gasteiger partial charge in [-0.15, -0.1) is 10.2 Å². The third-order valence-corrected chi connectivity index (χ3v) is 5.21. The van der Waals surface area contributed by atoms with Crippen molar-refractivity contribution in [1.82, 2.24) is 20.0 Å². The monoisotopic (exact) mass is 306 g/mol. The van der Waals surface area contributed by atoms with E-state index in [1.165, 1.54) is 64.7 Å². The predicted octanol–water partition coefficient (Wildman–Crippen LogP) is 3.03. The lowest BCUT2D eigenvalue weighted by molar-refractivity contribution is 0.0933. The summed E-state index contributed by atoms with van der Waals surface area (Å²) in [6.07, 6.45) is 8.25. The van der Waals surface area contributed by atoms with Crippen molar-refractivity contribution in [1.29, 1.82) is 0 Å². The van der Waals surface area contributed by atoms with Gasteiger partial charge in [-0.3, -0.25) is 4.90 Å². The molecule has 124 valence electrons. The van der Waals surface area contributed by atoms with Gasteiger partial charge in [0.25, 0.3) is 0 Å². The van der Waals surface area contributed by atoms with Crippen LogP contribution in [0.15, 0.2) is 4.42 Å². The number of nitrogens with zero attached hydrogens (tertiary/aromatic N) is 4. The Kier molecular flexibility index (Phi) is 5.47. The second-order valence-electron chi connectivity index (χ2n) is 7.05. The first-order valence-corrected chi connectivity index (χ1v) is 8.99. The minimum absolute atomic E-state index is 0.244. The van der Waals surface area contributed by atoms with Crippen LogP contribution in [0.5, 0.6) is 0 Å². The average Bonchev–Trinajstić information content (AvgIpc) is 2.80. The second kappa shape index (κ2) is 7.55. The van der Waals surface area contributed by atoms with Crippen LogP contribution in [0.4, 0.5) is 0 Å². The molecule has 1 aromatic rings. The molecule has 3 heterocycles. The van der Waals surface area contributed by atoms with Gasteiger partial charge in [-0.2, -0.15) is 0 Å². The molecule has 0 N–H and O–H groups in total. The molecule has 2 aliphatic heterocycles. The molecular weight excluding hydrogens is 276 g/mol. The van der Waals surface area contributed by atoms with Crippen LogP contribution in [0.25, 0.3) is 0 Å².